The lowest BCUT2D eigenvalue weighted by Crippen LogP contribution is -2.31. The zero-order valence-electron chi connectivity index (χ0n) is 17.3. The van der Waals surface area contributed by atoms with E-state index in [4.69, 9.17) is 14.1 Å². The molecular weight excluding hydrogens is 396 g/mol. The average Bonchev–Trinajstić information content (AvgIpc) is 3.38. The molecule has 0 aliphatic heterocycles. The maximum atomic E-state index is 13.4. The number of aromatic nitrogens is 1. The molecule has 0 N–H and O–H groups in total. The molecule has 4 aromatic rings. The lowest BCUT2D eigenvalue weighted by molar-refractivity contribution is -0.118. The van der Waals surface area contributed by atoms with Crippen molar-refractivity contribution in [2.75, 3.05) is 11.5 Å². The van der Waals surface area contributed by atoms with E-state index in [-0.39, 0.29) is 5.91 Å². The van der Waals surface area contributed by atoms with Gasteiger partial charge < -0.3 is 9.15 Å². The molecule has 2 aromatic carbocycles. The standard InChI is InChI=1S/C24H24N2O3S/c1-4-28-19-9-10-21-22(14-19)30-24(25-21)26(15-20-6-5-11-29-20)23(27)13-18-12-16(2)7-8-17(18)3/h5-12,14H,4,13,15H2,1-3H3. The number of rotatable bonds is 7. The fourth-order valence-corrected chi connectivity index (χ4v) is 4.35. The Balaban J connectivity index is 1.68. The maximum absolute atomic E-state index is 13.4. The second kappa shape index (κ2) is 8.71. The lowest BCUT2D eigenvalue weighted by Gasteiger charge is -2.19. The number of aryl methyl sites for hydroxylation is 2. The summed E-state index contributed by atoms with van der Waals surface area (Å²) in [5.74, 6) is 1.52. The molecule has 5 nitrogen and oxygen atoms in total. The van der Waals surface area contributed by atoms with E-state index in [9.17, 15) is 4.79 Å². The molecule has 0 spiro atoms. The van der Waals surface area contributed by atoms with Crippen LogP contribution in [0.5, 0.6) is 5.75 Å². The van der Waals surface area contributed by atoms with Crippen LogP contribution in [0.4, 0.5) is 5.13 Å². The number of nitrogens with zero attached hydrogens (tertiary/aromatic N) is 2. The Morgan fingerprint density at radius 3 is 2.80 bits per heavy atom. The minimum absolute atomic E-state index is 0.0100. The number of ether oxygens (including phenoxy) is 1. The fraction of sp³-hybridized carbons (Fsp3) is 0.250. The molecule has 30 heavy (non-hydrogen) atoms. The summed E-state index contributed by atoms with van der Waals surface area (Å²) in [4.78, 5) is 19.8. The van der Waals surface area contributed by atoms with Gasteiger partial charge in [0.2, 0.25) is 5.91 Å². The molecule has 0 radical (unpaired) electrons. The van der Waals surface area contributed by atoms with Crippen molar-refractivity contribution in [2.45, 2.75) is 33.7 Å². The number of carbonyl (C=O) groups is 1. The largest absolute Gasteiger partial charge is 0.494 e. The van der Waals surface area contributed by atoms with Crippen LogP contribution in [0.25, 0.3) is 10.2 Å². The van der Waals surface area contributed by atoms with Gasteiger partial charge in [-0.25, -0.2) is 4.98 Å². The van der Waals surface area contributed by atoms with E-state index in [0.29, 0.717) is 24.7 Å². The van der Waals surface area contributed by atoms with Gasteiger partial charge in [0.15, 0.2) is 5.13 Å². The van der Waals surface area contributed by atoms with E-state index in [2.05, 4.69) is 18.2 Å². The minimum atomic E-state index is -0.0100. The van der Waals surface area contributed by atoms with Crippen LogP contribution in [0.3, 0.4) is 0 Å². The Hall–Kier alpha value is -3.12. The van der Waals surface area contributed by atoms with E-state index in [1.807, 2.05) is 51.1 Å². The van der Waals surface area contributed by atoms with Crippen molar-refractivity contribution in [3.8, 4) is 5.75 Å². The molecule has 0 saturated heterocycles. The van der Waals surface area contributed by atoms with Crippen molar-refractivity contribution < 1.29 is 13.9 Å². The lowest BCUT2D eigenvalue weighted by atomic mass is 10.0. The summed E-state index contributed by atoms with van der Waals surface area (Å²) in [6.45, 7) is 6.98. The highest BCUT2D eigenvalue weighted by molar-refractivity contribution is 7.22. The molecule has 0 aliphatic rings. The van der Waals surface area contributed by atoms with E-state index < -0.39 is 0 Å². The van der Waals surface area contributed by atoms with Gasteiger partial charge in [0.1, 0.15) is 11.5 Å². The van der Waals surface area contributed by atoms with E-state index >= 15 is 0 Å². The third kappa shape index (κ3) is 4.39. The van der Waals surface area contributed by atoms with Crippen molar-refractivity contribution in [2.24, 2.45) is 0 Å². The van der Waals surface area contributed by atoms with E-state index in [1.165, 1.54) is 11.3 Å². The fourth-order valence-electron chi connectivity index (χ4n) is 3.33. The van der Waals surface area contributed by atoms with Crippen molar-refractivity contribution in [3.63, 3.8) is 0 Å². The summed E-state index contributed by atoms with van der Waals surface area (Å²) in [6, 6.07) is 15.7. The number of carbonyl (C=O) groups excluding carboxylic acids is 1. The van der Waals surface area contributed by atoms with Gasteiger partial charge in [-0.3, -0.25) is 9.69 Å². The molecule has 2 aromatic heterocycles. The van der Waals surface area contributed by atoms with Crippen molar-refractivity contribution in [1.29, 1.82) is 0 Å². The van der Waals surface area contributed by atoms with Gasteiger partial charge in [0.05, 0.1) is 36.1 Å². The van der Waals surface area contributed by atoms with Crippen LogP contribution in [0, 0.1) is 13.8 Å². The average molecular weight is 421 g/mol. The summed E-state index contributed by atoms with van der Waals surface area (Å²) in [7, 11) is 0. The summed E-state index contributed by atoms with van der Waals surface area (Å²) < 4.78 is 12.1. The van der Waals surface area contributed by atoms with Gasteiger partial charge >= 0.3 is 0 Å². The number of benzene rings is 2. The molecule has 2 heterocycles. The van der Waals surface area contributed by atoms with Gasteiger partial charge in [-0.1, -0.05) is 35.1 Å². The number of fused-ring (bicyclic) bond motifs is 1. The predicted octanol–water partition coefficient (Wildman–Crippen LogP) is 5.68. The van der Waals surface area contributed by atoms with Gasteiger partial charge in [-0.05, 0) is 62.2 Å². The zero-order valence-corrected chi connectivity index (χ0v) is 18.2. The minimum Gasteiger partial charge on any atom is -0.494 e. The van der Waals surface area contributed by atoms with Crippen LogP contribution in [0.2, 0.25) is 0 Å². The molecule has 154 valence electrons. The number of anilines is 1. The number of hydrogen-bond donors (Lipinski definition) is 0. The Labute approximate surface area is 179 Å². The van der Waals surface area contributed by atoms with Crippen LogP contribution in [-0.2, 0) is 17.8 Å². The molecule has 0 unspecified atom stereocenters. The number of furan rings is 1. The van der Waals surface area contributed by atoms with Gasteiger partial charge in [0, 0.05) is 0 Å². The molecule has 6 heteroatoms. The Bertz CT molecular complexity index is 1160. The Morgan fingerprint density at radius 2 is 2.03 bits per heavy atom. The second-order valence-electron chi connectivity index (χ2n) is 7.22. The molecule has 0 aliphatic carbocycles. The number of amides is 1. The molecule has 1 amide bonds. The first-order valence-corrected chi connectivity index (χ1v) is 10.8. The normalized spacial score (nSPS) is 11.0. The van der Waals surface area contributed by atoms with Crippen LogP contribution < -0.4 is 9.64 Å². The molecule has 0 bridgehead atoms. The molecule has 4 rings (SSSR count). The van der Waals surface area contributed by atoms with Crippen LogP contribution in [-0.4, -0.2) is 17.5 Å². The molecule has 0 saturated carbocycles. The topological polar surface area (TPSA) is 55.6 Å². The summed E-state index contributed by atoms with van der Waals surface area (Å²) in [6.07, 6.45) is 1.93. The highest BCUT2D eigenvalue weighted by Crippen LogP contribution is 2.33. The van der Waals surface area contributed by atoms with Crippen LogP contribution >= 0.6 is 11.3 Å². The van der Waals surface area contributed by atoms with Crippen molar-refractivity contribution >= 4 is 32.6 Å². The highest BCUT2D eigenvalue weighted by atomic mass is 32.1. The summed E-state index contributed by atoms with van der Waals surface area (Å²) in [5, 5.41) is 0.658. The smallest absolute Gasteiger partial charge is 0.233 e. The SMILES string of the molecule is CCOc1ccc2nc(N(Cc3ccco3)C(=O)Cc3cc(C)ccc3C)sc2c1. The Kier molecular flexibility index (Phi) is 5.86. The number of hydrogen-bond acceptors (Lipinski definition) is 5. The summed E-state index contributed by atoms with van der Waals surface area (Å²) in [5.41, 5.74) is 4.13. The number of thiazole rings is 1. The monoisotopic (exact) mass is 420 g/mol. The third-order valence-corrected chi connectivity index (χ3v) is 5.97. The van der Waals surface area contributed by atoms with Crippen molar-refractivity contribution in [1.82, 2.24) is 4.98 Å². The Morgan fingerprint density at radius 1 is 1.17 bits per heavy atom. The van der Waals surface area contributed by atoms with Gasteiger partial charge in [-0.15, -0.1) is 0 Å². The first-order valence-electron chi connectivity index (χ1n) is 9.95. The molecular formula is C24H24N2O3S. The third-order valence-electron chi connectivity index (χ3n) is 4.93. The first-order chi connectivity index (χ1) is 14.5. The second-order valence-corrected chi connectivity index (χ2v) is 8.23. The summed E-state index contributed by atoms with van der Waals surface area (Å²) >= 11 is 1.49. The van der Waals surface area contributed by atoms with Crippen LogP contribution in [0.1, 0.15) is 29.4 Å². The zero-order chi connectivity index (χ0) is 21.1. The quantitative estimate of drug-likeness (QED) is 0.386. The molecule has 0 fully saturated rings. The maximum Gasteiger partial charge on any atom is 0.233 e. The molecule has 0 atom stereocenters. The first kappa shape index (κ1) is 20.2. The predicted molar refractivity (Wildman–Crippen MR) is 120 cm³/mol. The van der Waals surface area contributed by atoms with Gasteiger partial charge in [0.25, 0.3) is 0 Å². The van der Waals surface area contributed by atoms with E-state index in [1.54, 1.807) is 11.2 Å². The van der Waals surface area contributed by atoms with E-state index in [0.717, 1.165) is 38.4 Å². The van der Waals surface area contributed by atoms with Crippen molar-refractivity contribution in [3.05, 3.63) is 77.2 Å². The highest BCUT2D eigenvalue weighted by Gasteiger charge is 2.22. The van der Waals surface area contributed by atoms with Gasteiger partial charge in [-0.2, -0.15) is 0 Å². The van der Waals surface area contributed by atoms with Crippen LogP contribution in [0.15, 0.2) is 59.2 Å².